The Bertz CT molecular complexity index is 849. The van der Waals surface area contributed by atoms with Crippen LogP contribution in [-0.4, -0.2) is 46.3 Å². The van der Waals surface area contributed by atoms with Gasteiger partial charge in [-0.15, -0.1) is 0 Å². The minimum atomic E-state index is -3.56. The van der Waals surface area contributed by atoms with Gasteiger partial charge in [-0.05, 0) is 36.8 Å². The van der Waals surface area contributed by atoms with Gasteiger partial charge in [0.1, 0.15) is 0 Å². The van der Waals surface area contributed by atoms with Crippen molar-refractivity contribution >= 4 is 27.3 Å². The number of likely N-dealkylation sites (N-methyl/N-ethyl adjacent to an activating group) is 1. The predicted molar refractivity (Wildman–Crippen MR) is 100 cm³/mol. The lowest BCUT2D eigenvalue weighted by atomic mass is 10.2. The third-order valence-electron chi connectivity index (χ3n) is 3.81. The number of aryl methyl sites for hydroxylation is 1. The minimum absolute atomic E-state index is 0.160. The van der Waals surface area contributed by atoms with Crippen molar-refractivity contribution in [2.45, 2.75) is 11.8 Å². The zero-order chi connectivity index (χ0) is 18.6. The van der Waals surface area contributed by atoms with Crippen molar-refractivity contribution < 1.29 is 13.2 Å². The number of benzene rings is 2. The molecule has 25 heavy (non-hydrogen) atoms. The van der Waals surface area contributed by atoms with E-state index < -0.39 is 10.0 Å². The second-order valence-corrected chi connectivity index (χ2v) is 8.13. The van der Waals surface area contributed by atoms with Gasteiger partial charge in [0, 0.05) is 32.5 Å². The number of para-hydroxylation sites is 1. The molecule has 2 aromatic carbocycles. The van der Waals surface area contributed by atoms with Crippen LogP contribution in [-0.2, 0) is 14.8 Å². The average Bonchev–Trinajstić information content (AvgIpc) is 2.57. The van der Waals surface area contributed by atoms with Gasteiger partial charge in [-0.1, -0.05) is 24.3 Å². The third kappa shape index (κ3) is 4.58. The van der Waals surface area contributed by atoms with E-state index in [4.69, 9.17) is 0 Å². The molecular weight excluding hydrogens is 338 g/mol. The smallest absolute Gasteiger partial charge is 0.243 e. The van der Waals surface area contributed by atoms with Crippen LogP contribution >= 0.6 is 0 Å². The molecule has 7 heteroatoms. The SMILES string of the molecule is Cc1ccc(NC(=O)CN(C)c2ccccc2)cc1S(=O)(=O)N(C)C. The molecule has 2 aromatic rings. The van der Waals surface area contributed by atoms with Crippen LogP contribution in [0.4, 0.5) is 11.4 Å². The number of carbonyl (C=O) groups is 1. The zero-order valence-electron chi connectivity index (χ0n) is 14.9. The molecule has 1 amide bonds. The fourth-order valence-electron chi connectivity index (χ4n) is 2.34. The summed E-state index contributed by atoms with van der Waals surface area (Å²) >= 11 is 0. The predicted octanol–water partition coefficient (Wildman–Crippen LogP) is 2.32. The summed E-state index contributed by atoms with van der Waals surface area (Å²) in [5, 5.41) is 2.76. The van der Waals surface area contributed by atoms with Crippen LogP contribution in [0, 0.1) is 6.92 Å². The molecule has 0 aromatic heterocycles. The summed E-state index contributed by atoms with van der Waals surface area (Å²) in [6.07, 6.45) is 0. The highest BCUT2D eigenvalue weighted by Gasteiger charge is 2.20. The van der Waals surface area contributed by atoms with Crippen LogP contribution in [0.15, 0.2) is 53.4 Å². The van der Waals surface area contributed by atoms with Gasteiger partial charge in [0.2, 0.25) is 15.9 Å². The lowest BCUT2D eigenvalue weighted by Crippen LogP contribution is -2.30. The molecule has 134 valence electrons. The summed E-state index contributed by atoms with van der Waals surface area (Å²) in [6, 6.07) is 14.4. The minimum Gasteiger partial charge on any atom is -0.365 e. The molecule has 0 radical (unpaired) electrons. The summed E-state index contributed by atoms with van der Waals surface area (Å²) < 4.78 is 25.9. The van der Waals surface area contributed by atoms with Gasteiger partial charge in [0.25, 0.3) is 0 Å². The number of nitrogens with zero attached hydrogens (tertiary/aromatic N) is 2. The molecule has 0 saturated carbocycles. The second-order valence-electron chi connectivity index (χ2n) is 6.01. The van der Waals surface area contributed by atoms with Crippen LogP contribution < -0.4 is 10.2 Å². The molecule has 0 saturated heterocycles. The van der Waals surface area contributed by atoms with Crippen LogP contribution in [0.5, 0.6) is 0 Å². The number of nitrogens with one attached hydrogen (secondary N) is 1. The zero-order valence-corrected chi connectivity index (χ0v) is 15.7. The molecule has 0 heterocycles. The van der Waals surface area contributed by atoms with Crippen LogP contribution in [0.25, 0.3) is 0 Å². The third-order valence-corrected chi connectivity index (χ3v) is 5.77. The Morgan fingerprint density at radius 3 is 2.28 bits per heavy atom. The maximum atomic E-state index is 12.4. The summed E-state index contributed by atoms with van der Waals surface area (Å²) in [5.41, 5.74) is 2.02. The van der Waals surface area contributed by atoms with Crippen molar-refractivity contribution in [3.05, 3.63) is 54.1 Å². The number of sulfonamides is 1. The van der Waals surface area contributed by atoms with E-state index in [1.807, 2.05) is 42.3 Å². The maximum Gasteiger partial charge on any atom is 0.243 e. The fourth-order valence-corrected chi connectivity index (χ4v) is 3.49. The molecule has 0 spiro atoms. The van der Waals surface area contributed by atoms with Crippen LogP contribution in [0.2, 0.25) is 0 Å². The lowest BCUT2D eigenvalue weighted by Gasteiger charge is -2.19. The van der Waals surface area contributed by atoms with Gasteiger partial charge in [-0.3, -0.25) is 4.79 Å². The van der Waals surface area contributed by atoms with E-state index in [2.05, 4.69) is 5.32 Å². The highest BCUT2D eigenvalue weighted by Crippen LogP contribution is 2.22. The van der Waals surface area contributed by atoms with Gasteiger partial charge >= 0.3 is 0 Å². The van der Waals surface area contributed by atoms with Crippen molar-refractivity contribution in [2.75, 3.05) is 37.9 Å². The fraction of sp³-hybridized carbons (Fsp3) is 0.278. The number of hydrogen-bond acceptors (Lipinski definition) is 4. The highest BCUT2D eigenvalue weighted by atomic mass is 32.2. The molecule has 0 aliphatic carbocycles. The highest BCUT2D eigenvalue weighted by molar-refractivity contribution is 7.89. The van der Waals surface area contributed by atoms with Crippen molar-refractivity contribution in [2.24, 2.45) is 0 Å². The van der Waals surface area contributed by atoms with Gasteiger partial charge in [-0.2, -0.15) is 0 Å². The van der Waals surface area contributed by atoms with E-state index in [9.17, 15) is 13.2 Å². The van der Waals surface area contributed by atoms with Crippen molar-refractivity contribution in [1.29, 1.82) is 0 Å². The van der Waals surface area contributed by atoms with E-state index in [-0.39, 0.29) is 17.3 Å². The first-order valence-electron chi connectivity index (χ1n) is 7.81. The Morgan fingerprint density at radius 2 is 1.68 bits per heavy atom. The number of carbonyl (C=O) groups excluding carboxylic acids is 1. The summed E-state index contributed by atoms with van der Waals surface area (Å²) in [5.74, 6) is -0.219. The van der Waals surface area contributed by atoms with Gasteiger partial charge in [0.15, 0.2) is 0 Å². The molecule has 6 nitrogen and oxygen atoms in total. The Balaban J connectivity index is 2.14. The molecular formula is C18H23N3O3S. The Kier molecular flexibility index (Phi) is 5.81. The standard InChI is InChI=1S/C18H23N3O3S/c1-14-10-11-15(12-17(14)25(23,24)20(2)3)19-18(22)13-21(4)16-8-6-5-7-9-16/h5-12H,13H2,1-4H3,(H,19,22). The number of rotatable bonds is 6. The van der Waals surface area contributed by atoms with Gasteiger partial charge in [-0.25, -0.2) is 12.7 Å². The number of anilines is 2. The summed E-state index contributed by atoms with van der Waals surface area (Å²) in [4.78, 5) is 14.3. The Labute approximate surface area is 149 Å². The van der Waals surface area contributed by atoms with Crippen molar-refractivity contribution in [3.63, 3.8) is 0 Å². The molecule has 0 aliphatic heterocycles. The first-order chi connectivity index (χ1) is 11.7. The van der Waals surface area contributed by atoms with Gasteiger partial charge in [0.05, 0.1) is 11.4 Å². The largest absolute Gasteiger partial charge is 0.365 e. The van der Waals surface area contributed by atoms with Gasteiger partial charge < -0.3 is 10.2 Å². The molecule has 2 rings (SSSR count). The molecule has 0 atom stereocenters. The number of hydrogen-bond donors (Lipinski definition) is 1. The van der Waals surface area contributed by atoms with Crippen molar-refractivity contribution in [3.8, 4) is 0 Å². The van der Waals surface area contributed by atoms with Crippen LogP contribution in [0.1, 0.15) is 5.56 Å². The lowest BCUT2D eigenvalue weighted by molar-refractivity contribution is -0.114. The Hall–Kier alpha value is -2.38. The van der Waals surface area contributed by atoms with E-state index in [0.29, 0.717) is 11.3 Å². The maximum absolute atomic E-state index is 12.4. The molecule has 0 fully saturated rings. The number of amides is 1. The second kappa shape index (κ2) is 7.67. The van der Waals surface area contributed by atoms with Crippen molar-refractivity contribution in [1.82, 2.24) is 4.31 Å². The quantitative estimate of drug-likeness (QED) is 0.857. The molecule has 1 N–H and O–H groups in total. The monoisotopic (exact) mass is 361 g/mol. The normalized spacial score (nSPS) is 11.4. The van der Waals surface area contributed by atoms with Crippen LogP contribution in [0.3, 0.4) is 0 Å². The summed E-state index contributed by atoms with van der Waals surface area (Å²) in [6.45, 7) is 1.89. The average molecular weight is 361 g/mol. The first kappa shape index (κ1) is 19.0. The molecule has 0 unspecified atom stereocenters. The molecule has 0 bridgehead atoms. The van der Waals surface area contributed by atoms with E-state index in [0.717, 1.165) is 9.99 Å². The summed E-state index contributed by atoms with van der Waals surface area (Å²) in [7, 11) is 1.23. The first-order valence-corrected chi connectivity index (χ1v) is 9.25. The molecule has 0 aliphatic rings. The topological polar surface area (TPSA) is 69.7 Å². The van der Waals surface area contributed by atoms with E-state index in [1.165, 1.54) is 20.2 Å². The van der Waals surface area contributed by atoms with E-state index >= 15 is 0 Å². The van der Waals surface area contributed by atoms with E-state index in [1.54, 1.807) is 19.1 Å². The Morgan fingerprint density at radius 1 is 1.04 bits per heavy atom.